The molecule has 104 valence electrons. The van der Waals surface area contributed by atoms with Gasteiger partial charge in [-0.3, -0.25) is 0 Å². The van der Waals surface area contributed by atoms with Crippen molar-refractivity contribution in [1.82, 2.24) is 0 Å². The number of benzene rings is 2. The molecule has 2 aromatic carbocycles. The molecule has 1 atom stereocenters. The third-order valence-electron chi connectivity index (χ3n) is 4.09. The Morgan fingerprint density at radius 1 is 1.15 bits per heavy atom. The molecule has 0 aromatic heterocycles. The molecule has 2 nitrogen and oxygen atoms in total. The van der Waals surface area contributed by atoms with Crippen LogP contribution in [0.2, 0.25) is 0 Å². The second kappa shape index (κ2) is 4.60. The molecule has 0 saturated heterocycles. The van der Waals surface area contributed by atoms with Crippen molar-refractivity contribution < 1.29 is 14.2 Å². The molecule has 1 aliphatic carbocycles. The number of ether oxygens (including phenoxy) is 1. The maximum atomic E-state index is 14.2. The van der Waals surface area contributed by atoms with Crippen LogP contribution in [0.4, 0.5) is 4.39 Å². The summed E-state index contributed by atoms with van der Waals surface area (Å²) in [6, 6.07) is 10.5. The fraction of sp³-hybridized carbons (Fsp3) is 0.294. The van der Waals surface area contributed by atoms with Gasteiger partial charge < -0.3 is 9.84 Å². The van der Waals surface area contributed by atoms with Crippen molar-refractivity contribution in [3.05, 3.63) is 64.5 Å². The van der Waals surface area contributed by atoms with Crippen LogP contribution < -0.4 is 4.74 Å². The quantitative estimate of drug-likeness (QED) is 0.908. The van der Waals surface area contributed by atoms with E-state index >= 15 is 0 Å². The maximum absolute atomic E-state index is 14.2. The lowest BCUT2D eigenvalue weighted by atomic mass is 9.86. The summed E-state index contributed by atoms with van der Waals surface area (Å²) in [6.07, 6.45) is 1.24. The minimum atomic E-state index is -1.26. The van der Waals surface area contributed by atoms with E-state index in [0.29, 0.717) is 17.7 Å². The van der Waals surface area contributed by atoms with Crippen LogP contribution >= 0.6 is 0 Å². The van der Waals surface area contributed by atoms with E-state index in [0.717, 1.165) is 23.1 Å². The number of aliphatic hydroxyl groups is 1. The Balaban J connectivity index is 2.18. The van der Waals surface area contributed by atoms with Gasteiger partial charge >= 0.3 is 0 Å². The Labute approximate surface area is 117 Å². The summed E-state index contributed by atoms with van der Waals surface area (Å²) in [6.45, 7) is 1.90. The Kier molecular flexibility index (Phi) is 3.02. The minimum absolute atomic E-state index is 0.351. The Hall–Kier alpha value is -1.87. The summed E-state index contributed by atoms with van der Waals surface area (Å²) in [7, 11) is 1.59. The molecule has 1 unspecified atom stereocenters. The van der Waals surface area contributed by atoms with E-state index in [2.05, 4.69) is 0 Å². The zero-order valence-corrected chi connectivity index (χ0v) is 11.6. The van der Waals surface area contributed by atoms with Crippen LogP contribution in [-0.2, 0) is 12.0 Å². The van der Waals surface area contributed by atoms with E-state index in [-0.39, 0.29) is 5.82 Å². The van der Waals surface area contributed by atoms with Crippen molar-refractivity contribution >= 4 is 0 Å². The fourth-order valence-corrected chi connectivity index (χ4v) is 2.97. The molecule has 3 heteroatoms. The van der Waals surface area contributed by atoms with Gasteiger partial charge in [0, 0.05) is 5.56 Å². The largest absolute Gasteiger partial charge is 0.497 e. The molecule has 0 heterocycles. The second-order valence-electron chi connectivity index (χ2n) is 5.37. The lowest BCUT2D eigenvalue weighted by Gasteiger charge is -2.26. The first-order chi connectivity index (χ1) is 9.54. The summed E-state index contributed by atoms with van der Waals surface area (Å²) in [5, 5.41) is 11.0. The summed E-state index contributed by atoms with van der Waals surface area (Å²) in [5.74, 6) is 0.311. The van der Waals surface area contributed by atoms with E-state index in [1.54, 1.807) is 19.2 Å². The number of methoxy groups -OCH3 is 1. The van der Waals surface area contributed by atoms with Gasteiger partial charge in [0.15, 0.2) is 0 Å². The molecule has 20 heavy (non-hydrogen) atoms. The summed E-state index contributed by atoms with van der Waals surface area (Å²) in [4.78, 5) is 0. The standard InChI is InChI=1S/C17H17FO2/c1-11-3-6-16(18)15(9-11)17(19)8-7-12-4-5-13(20-2)10-14(12)17/h3-6,9-10,19H,7-8H2,1-2H3. The van der Waals surface area contributed by atoms with Gasteiger partial charge in [0.2, 0.25) is 0 Å². The van der Waals surface area contributed by atoms with Gasteiger partial charge in [-0.15, -0.1) is 0 Å². The molecule has 0 aliphatic heterocycles. The van der Waals surface area contributed by atoms with Crippen LogP contribution in [0.1, 0.15) is 28.7 Å². The number of hydrogen-bond donors (Lipinski definition) is 1. The smallest absolute Gasteiger partial charge is 0.129 e. The van der Waals surface area contributed by atoms with Gasteiger partial charge in [0.1, 0.15) is 17.2 Å². The molecule has 0 spiro atoms. The Morgan fingerprint density at radius 3 is 2.70 bits per heavy atom. The average molecular weight is 272 g/mol. The molecule has 1 N–H and O–H groups in total. The maximum Gasteiger partial charge on any atom is 0.129 e. The molecule has 0 radical (unpaired) electrons. The van der Waals surface area contributed by atoms with E-state index in [1.807, 2.05) is 25.1 Å². The number of fused-ring (bicyclic) bond motifs is 1. The average Bonchev–Trinajstić information content (AvgIpc) is 2.79. The van der Waals surface area contributed by atoms with E-state index in [4.69, 9.17) is 4.74 Å². The Bertz CT molecular complexity index is 666. The summed E-state index contributed by atoms with van der Waals surface area (Å²) in [5.41, 5.74) is 1.83. The molecule has 2 aromatic rings. The van der Waals surface area contributed by atoms with Crippen LogP contribution in [0.3, 0.4) is 0 Å². The van der Waals surface area contributed by atoms with Gasteiger partial charge in [0.25, 0.3) is 0 Å². The van der Waals surface area contributed by atoms with Crippen LogP contribution in [0.15, 0.2) is 36.4 Å². The third kappa shape index (κ3) is 1.90. The van der Waals surface area contributed by atoms with Crippen molar-refractivity contribution in [3.63, 3.8) is 0 Å². The molecule has 1 aliphatic rings. The monoisotopic (exact) mass is 272 g/mol. The van der Waals surface area contributed by atoms with Crippen molar-refractivity contribution in [2.24, 2.45) is 0 Å². The molecule has 0 fully saturated rings. The van der Waals surface area contributed by atoms with Gasteiger partial charge in [0.05, 0.1) is 7.11 Å². The topological polar surface area (TPSA) is 29.5 Å². The van der Waals surface area contributed by atoms with Crippen molar-refractivity contribution in [3.8, 4) is 5.75 Å². The second-order valence-corrected chi connectivity index (χ2v) is 5.37. The first-order valence-corrected chi connectivity index (χ1v) is 6.71. The molecular formula is C17H17FO2. The lowest BCUT2D eigenvalue weighted by molar-refractivity contribution is 0.0786. The van der Waals surface area contributed by atoms with Gasteiger partial charge in [-0.25, -0.2) is 4.39 Å². The normalized spacial score (nSPS) is 20.8. The fourth-order valence-electron chi connectivity index (χ4n) is 2.97. The zero-order chi connectivity index (χ0) is 14.3. The highest BCUT2D eigenvalue weighted by Crippen LogP contribution is 2.44. The van der Waals surface area contributed by atoms with E-state index in [9.17, 15) is 9.50 Å². The number of rotatable bonds is 2. The van der Waals surface area contributed by atoms with Crippen LogP contribution in [0, 0.1) is 12.7 Å². The predicted molar refractivity (Wildman–Crippen MR) is 75.5 cm³/mol. The summed E-state index contributed by atoms with van der Waals surface area (Å²) < 4.78 is 19.4. The van der Waals surface area contributed by atoms with E-state index in [1.165, 1.54) is 6.07 Å². The number of aryl methyl sites for hydroxylation is 2. The van der Waals surface area contributed by atoms with Gasteiger partial charge in [-0.05, 0) is 55.2 Å². The van der Waals surface area contributed by atoms with Crippen LogP contribution in [-0.4, -0.2) is 12.2 Å². The molecule has 3 rings (SSSR count). The van der Waals surface area contributed by atoms with Crippen molar-refractivity contribution in [2.45, 2.75) is 25.4 Å². The first kappa shape index (κ1) is 13.1. The van der Waals surface area contributed by atoms with Crippen LogP contribution in [0.25, 0.3) is 0 Å². The number of halogens is 1. The molecule has 0 saturated carbocycles. The zero-order valence-electron chi connectivity index (χ0n) is 11.6. The first-order valence-electron chi connectivity index (χ1n) is 6.71. The molecular weight excluding hydrogens is 255 g/mol. The lowest BCUT2D eigenvalue weighted by Crippen LogP contribution is -2.25. The highest BCUT2D eigenvalue weighted by atomic mass is 19.1. The highest BCUT2D eigenvalue weighted by Gasteiger charge is 2.40. The number of hydrogen-bond acceptors (Lipinski definition) is 2. The van der Waals surface area contributed by atoms with Gasteiger partial charge in [-0.1, -0.05) is 17.7 Å². The van der Waals surface area contributed by atoms with Gasteiger partial charge in [-0.2, -0.15) is 0 Å². The van der Waals surface area contributed by atoms with Crippen LogP contribution in [0.5, 0.6) is 5.75 Å². The predicted octanol–water partition coefficient (Wildman–Crippen LogP) is 3.32. The molecule has 0 amide bonds. The minimum Gasteiger partial charge on any atom is -0.497 e. The highest BCUT2D eigenvalue weighted by molar-refractivity contribution is 5.49. The SMILES string of the molecule is COc1ccc2c(c1)C(O)(c1cc(C)ccc1F)CC2. The third-order valence-corrected chi connectivity index (χ3v) is 4.09. The van der Waals surface area contributed by atoms with Crippen molar-refractivity contribution in [2.75, 3.05) is 7.11 Å². The van der Waals surface area contributed by atoms with E-state index < -0.39 is 5.60 Å². The Morgan fingerprint density at radius 2 is 1.95 bits per heavy atom. The van der Waals surface area contributed by atoms with Crippen molar-refractivity contribution in [1.29, 1.82) is 0 Å². The summed E-state index contributed by atoms with van der Waals surface area (Å²) >= 11 is 0. The molecule has 0 bridgehead atoms.